The van der Waals surface area contributed by atoms with Crippen molar-refractivity contribution in [3.63, 3.8) is 0 Å². The largest absolute Gasteiger partial charge is 0.465 e. The summed E-state index contributed by atoms with van der Waals surface area (Å²) in [6.07, 6.45) is 3.42. The first kappa shape index (κ1) is 16.2. The number of carbonyl (C=O) groups excluding carboxylic acids is 2. The Labute approximate surface area is 138 Å². The first-order valence-corrected chi connectivity index (χ1v) is 7.80. The normalized spacial score (nSPS) is 20.6. The topological polar surface area (TPSA) is 56.5 Å². The number of ether oxygens (including phenoxy) is 1. The van der Waals surface area contributed by atoms with Gasteiger partial charge in [0.25, 0.3) is 0 Å². The van der Waals surface area contributed by atoms with Gasteiger partial charge in [-0.05, 0) is 54.8 Å². The number of hydrogen-bond donors (Lipinski definition) is 0. The van der Waals surface area contributed by atoms with Crippen LogP contribution in [-0.4, -0.2) is 18.4 Å². The fourth-order valence-electron chi connectivity index (χ4n) is 3.04. The summed E-state index contributed by atoms with van der Waals surface area (Å²) in [5.74, 6) is -1.98. The molecule has 1 heterocycles. The maximum atomic E-state index is 13.2. The zero-order valence-corrected chi connectivity index (χ0v) is 13.2. The lowest BCUT2D eigenvalue weighted by Gasteiger charge is -2.28. The fourth-order valence-corrected chi connectivity index (χ4v) is 3.04. The molecular formula is C19H17FO4. The predicted molar refractivity (Wildman–Crippen MR) is 85.6 cm³/mol. The number of carbonyl (C=O) groups is 2. The molecule has 0 radical (unpaired) electrons. The SMILES string of the molecule is CCOC(=O)[C@@H]1C(=O)C=C(c2ccco2)C[C@H]1c1ccc(F)cc1. The van der Waals surface area contributed by atoms with E-state index in [4.69, 9.17) is 9.15 Å². The summed E-state index contributed by atoms with van der Waals surface area (Å²) in [4.78, 5) is 24.9. The van der Waals surface area contributed by atoms with Gasteiger partial charge in [0.05, 0.1) is 12.9 Å². The Morgan fingerprint density at radius 2 is 2.04 bits per heavy atom. The van der Waals surface area contributed by atoms with Crippen molar-refractivity contribution in [2.75, 3.05) is 6.61 Å². The molecule has 0 spiro atoms. The Kier molecular flexibility index (Phi) is 4.60. The third kappa shape index (κ3) is 3.15. The van der Waals surface area contributed by atoms with Gasteiger partial charge in [0.15, 0.2) is 5.78 Å². The zero-order chi connectivity index (χ0) is 17.1. The van der Waals surface area contributed by atoms with E-state index < -0.39 is 17.8 Å². The molecule has 1 aromatic carbocycles. The summed E-state index contributed by atoms with van der Waals surface area (Å²) < 4.78 is 23.7. The van der Waals surface area contributed by atoms with Gasteiger partial charge in [0.2, 0.25) is 0 Å². The van der Waals surface area contributed by atoms with Gasteiger partial charge in [0.1, 0.15) is 17.5 Å². The lowest BCUT2D eigenvalue weighted by molar-refractivity contribution is -0.151. The Morgan fingerprint density at radius 3 is 2.67 bits per heavy atom. The van der Waals surface area contributed by atoms with Crippen LogP contribution < -0.4 is 0 Å². The first-order chi connectivity index (χ1) is 11.6. The van der Waals surface area contributed by atoms with E-state index in [1.54, 1.807) is 31.2 Å². The van der Waals surface area contributed by atoms with Crippen LogP contribution in [0.2, 0.25) is 0 Å². The van der Waals surface area contributed by atoms with Crippen LogP contribution in [0.3, 0.4) is 0 Å². The molecule has 1 aliphatic carbocycles. The molecule has 1 aliphatic rings. The first-order valence-electron chi connectivity index (χ1n) is 7.80. The van der Waals surface area contributed by atoms with Crippen LogP contribution >= 0.6 is 0 Å². The number of furan rings is 1. The molecule has 124 valence electrons. The summed E-state index contributed by atoms with van der Waals surface area (Å²) >= 11 is 0. The number of hydrogen-bond acceptors (Lipinski definition) is 4. The zero-order valence-electron chi connectivity index (χ0n) is 13.2. The Bertz CT molecular complexity index is 759. The molecular weight excluding hydrogens is 311 g/mol. The van der Waals surface area contributed by atoms with Crippen molar-refractivity contribution in [2.45, 2.75) is 19.3 Å². The second-order valence-electron chi connectivity index (χ2n) is 5.64. The molecule has 2 aromatic rings. The Balaban J connectivity index is 2.00. The average molecular weight is 328 g/mol. The van der Waals surface area contributed by atoms with Crippen molar-refractivity contribution in [2.24, 2.45) is 5.92 Å². The molecule has 0 unspecified atom stereocenters. The summed E-state index contributed by atoms with van der Waals surface area (Å²) in [6.45, 7) is 1.90. The van der Waals surface area contributed by atoms with Crippen LogP contribution in [0, 0.1) is 11.7 Å². The Hall–Kier alpha value is -2.69. The number of halogens is 1. The maximum Gasteiger partial charge on any atom is 0.317 e. The molecule has 2 atom stereocenters. The third-order valence-corrected chi connectivity index (χ3v) is 4.14. The highest BCUT2D eigenvalue weighted by Crippen LogP contribution is 2.40. The molecule has 1 aromatic heterocycles. The number of ketones is 1. The van der Waals surface area contributed by atoms with Gasteiger partial charge < -0.3 is 9.15 Å². The van der Waals surface area contributed by atoms with Gasteiger partial charge in [-0.25, -0.2) is 4.39 Å². The van der Waals surface area contributed by atoms with E-state index in [-0.39, 0.29) is 18.2 Å². The molecule has 0 aliphatic heterocycles. The number of rotatable bonds is 4. The molecule has 0 bridgehead atoms. The van der Waals surface area contributed by atoms with Crippen molar-refractivity contribution < 1.29 is 23.1 Å². The standard InChI is InChI=1S/C19H17FO4/c1-2-23-19(22)18-15(12-5-7-14(20)8-6-12)10-13(11-16(18)21)17-4-3-9-24-17/h3-9,11,15,18H,2,10H2,1H3/t15-,18-/m0/s1. The van der Waals surface area contributed by atoms with Crippen LogP contribution in [0.25, 0.3) is 5.57 Å². The minimum absolute atomic E-state index is 0.202. The Morgan fingerprint density at radius 1 is 1.29 bits per heavy atom. The lowest BCUT2D eigenvalue weighted by atomic mass is 9.74. The number of benzene rings is 1. The van der Waals surface area contributed by atoms with Crippen molar-refractivity contribution in [1.29, 1.82) is 0 Å². The van der Waals surface area contributed by atoms with Crippen LogP contribution in [-0.2, 0) is 14.3 Å². The molecule has 4 nitrogen and oxygen atoms in total. The summed E-state index contributed by atoms with van der Waals surface area (Å²) in [5.41, 5.74) is 1.44. The number of allylic oxidation sites excluding steroid dienone is 2. The minimum Gasteiger partial charge on any atom is -0.465 e. The van der Waals surface area contributed by atoms with E-state index in [9.17, 15) is 14.0 Å². The van der Waals surface area contributed by atoms with Crippen LogP contribution in [0.5, 0.6) is 0 Å². The summed E-state index contributed by atoms with van der Waals surface area (Å²) in [5, 5.41) is 0. The minimum atomic E-state index is -0.922. The summed E-state index contributed by atoms with van der Waals surface area (Å²) in [7, 11) is 0. The van der Waals surface area contributed by atoms with Crippen molar-refractivity contribution in [3.8, 4) is 0 Å². The van der Waals surface area contributed by atoms with Crippen LogP contribution in [0.1, 0.15) is 30.6 Å². The molecule has 0 saturated carbocycles. The van der Waals surface area contributed by atoms with Gasteiger partial charge in [0, 0.05) is 5.92 Å². The molecule has 0 saturated heterocycles. The fraction of sp³-hybridized carbons (Fsp3) is 0.263. The predicted octanol–water partition coefficient (Wildman–Crippen LogP) is 3.74. The molecule has 0 amide bonds. The van der Waals surface area contributed by atoms with E-state index in [1.807, 2.05) is 0 Å². The van der Waals surface area contributed by atoms with Crippen LogP contribution in [0.15, 0.2) is 53.2 Å². The van der Waals surface area contributed by atoms with Gasteiger partial charge in [-0.3, -0.25) is 9.59 Å². The van der Waals surface area contributed by atoms with E-state index in [1.165, 1.54) is 24.5 Å². The smallest absolute Gasteiger partial charge is 0.317 e. The van der Waals surface area contributed by atoms with E-state index in [2.05, 4.69) is 0 Å². The number of esters is 1. The van der Waals surface area contributed by atoms with Gasteiger partial charge >= 0.3 is 5.97 Å². The van der Waals surface area contributed by atoms with Crippen molar-refractivity contribution in [1.82, 2.24) is 0 Å². The second kappa shape index (κ2) is 6.83. The van der Waals surface area contributed by atoms with E-state index >= 15 is 0 Å². The monoisotopic (exact) mass is 328 g/mol. The molecule has 3 rings (SSSR count). The highest BCUT2D eigenvalue weighted by atomic mass is 19.1. The average Bonchev–Trinajstić information content (AvgIpc) is 3.09. The lowest BCUT2D eigenvalue weighted by Crippen LogP contribution is -2.34. The van der Waals surface area contributed by atoms with Gasteiger partial charge in [-0.1, -0.05) is 12.1 Å². The highest BCUT2D eigenvalue weighted by Gasteiger charge is 2.40. The second-order valence-corrected chi connectivity index (χ2v) is 5.64. The van der Waals surface area contributed by atoms with E-state index in [0.717, 1.165) is 11.1 Å². The van der Waals surface area contributed by atoms with Crippen LogP contribution in [0.4, 0.5) is 4.39 Å². The van der Waals surface area contributed by atoms with Gasteiger partial charge in [-0.15, -0.1) is 0 Å². The van der Waals surface area contributed by atoms with E-state index in [0.29, 0.717) is 12.2 Å². The van der Waals surface area contributed by atoms with Crippen molar-refractivity contribution >= 4 is 17.3 Å². The summed E-state index contributed by atoms with van der Waals surface area (Å²) in [6, 6.07) is 9.37. The molecule has 0 fully saturated rings. The maximum absolute atomic E-state index is 13.2. The third-order valence-electron chi connectivity index (χ3n) is 4.14. The molecule has 5 heteroatoms. The van der Waals surface area contributed by atoms with Crippen molar-refractivity contribution in [3.05, 3.63) is 65.9 Å². The molecule has 0 N–H and O–H groups in total. The van der Waals surface area contributed by atoms with Gasteiger partial charge in [-0.2, -0.15) is 0 Å². The quantitative estimate of drug-likeness (QED) is 0.634. The highest BCUT2D eigenvalue weighted by molar-refractivity contribution is 6.10. The molecule has 24 heavy (non-hydrogen) atoms.